The largest absolute Gasteiger partial charge is 0.497 e. The third kappa shape index (κ3) is 4.88. The molecule has 3 aromatic rings. The number of nitro benzene ring substituents is 1. The van der Waals surface area contributed by atoms with Crippen LogP contribution >= 0.6 is 11.3 Å². The summed E-state index contributed by atoms with van der Waals surface area (Å²) in [4.78, 5) is 24.8. The fourth-order valence-corrected chi connectivity index (χ4v) is 4.70. The predicted molar refractivity (Wildman–Crippen MR) is 117 cm³/mol. The van der Waals surface area contributed by atoms with Gasteiger partial charge in [-0.2, -0.15) is 0 Å². The number of non-ortho nitro benzene ring substituents is 1. The molecule has 2 heterocycles. The molecule has 1 aromatic heterocycles. The zero-order valence-electron chi connectivity index (χ0n) is 17.1. The van der Waals surface area contributed by atoms with Gasteiger partial charge in [-0.3, -0.25) is 14.9 Å². The van der Waals surface area contributed by atoms with E-state index in [1.165, 1.54) is 24.3 Å². The minimum Gasteiger partial charge on any atom is -0.497 e. The average Bonchev–Trinajstić information content (AvgIpc) is 3.28. The maximum atomic E-state index is 12.7. The van der Waals surface area contributed by atoms with Crippen LogP contribution in [0.4, 0.5) is 5.69 Å². The van der Waals surface area contributed by atoms with Gasteiger partial charge in [0.05, 0.1) is 12.0 Å². The van der Waals surface area contributed by atoms with E-state index in [4.69, 9.17) is 4.74 Å². The highest BCUT2D eigenvalue weighted by Gasteiger charge is 2.27. The number of likely N-dealkylation sites (tertiary alicyclic amines) is 1. The zero-order chi connectivity index (χ0) is 21.8. The van der Waals surface area contributed by atoms with Crippen molar-refractivity contribution in [1.29, 1.82) is 0 Å². The van der Waals surface area contributed by atoms with Crippen molar-refractivity contribution in [2.45, 2.75) is 25.2 Å². The summed E-state index contributed by atoms with van der Waals surface area (Å²) in [5.74, 6) is 1.03. The number of nitrogens with zero attached hydrogens (tertiary/aromatic N) is 4. The lowest BCUT2D eigenvalue weighted by Gasteiger charge is -2.31. The summed E-state index contributed by atoms with van der Waals surface area (Å²) in [6.07, 6.45) is 2.39. The smallest absolute Gasteiger partial charge is 0.269 e. The van der Waals surface area contributed by atoms with Crippen LogP contribution in [0.2, 0.25) is 0 Å². The molecule has 4 rings (SSSR count). The van der Waals surface area contributed by atoms with Crippen LogP contribution in [0, 0.1) is 10.1 Å². The van der Waals surface area contributed by atoms with Crippen molar-refractivity contribution >= 4 is 22.9 Å². The highest BCUT2D eigenvalue weighted by molar-refractivity contribution is 7.11. The van der Waals surface area contributed by atoms with Gasteiger partial charge in [0.1, 0.15) is 15.8 Å². The Morgan fingerprint density at radius 2 is 1.81 bits per heavy atom. The SMILES string of the molecule is COc1ccc(Cc2nnc(C3CCN(C(=O)c4ccc([N+](=O)[O-])cc4)CC3)s2)cc1. The van der Waals surface area contributed by atoms with E-state index in [-0.39, 0.29) is 11.6 Å². The molecule has 9 heteroatoms. The van der Waals surface area contributed by atoms with Crippen molar-refractivity contribution in [3.8, 4) is 5.75 Å². The van der Waals surface area contributed by atoms with E-state index >= 15 is 0 Å². The van der Waals surface area contributed by atoms with Crippen molar-refractivity contribution in [3.05, 3.63) is 79.8 Å². The topological polar surface area (TPSA) is 98.5 Å². The van der Waals surface area contributed by atoms with Gasteiger partial charge in [-0.15, -0.1) is 21.5 Å². The quantitative estimate of drug-likeness (QED) is 0.425. The Bertz CT molecular complexity index is 1060. The Hall–Kier alpha value is -3.33. The Labute approximate surface area is 183 Å². The molecule has 0 radical (unpaired) electrons. The maximum Gasteiger partial charge on any atom is 0.269 e. The van der Waals surface area contributed by atoms with Crippen molar-refractivity contribution < 1.29 is 14.5 Å². The second-order valence-corrected chi connectivity index (χ2v) is 8.52. The molecule has 0 bridgehead atoms. The molecule has 0 N–H and O–H groups in total. The molecule has 1 aliphatic rings. The van der Waals surface area contributed by atoms with E-state index in [0.717, 1.165) is 40.6 Å². The first-order valence-corrected chi connectivity index (χ1v) is 10.8. The summed E-state index contributed by atoms with van der Waals surface area (Å²) in [5.41, 5.74) is 1.62. The average molecular weight is 439 g/mol. The molecule has 1 saturated heterocycles. The Kier molecular flexibility index (Phi) is 6.22. The molecule has 31 heavy (non-hydrogen) atoms. The third-order valence-corrected chi connectivity index (χ3v) is 6.54. The van der Waals surface area contributed by atoms with Crippen LogP contribution in [0.3, 0.4) is 0 Å². The van der Waals surface area contributed by atoms with Crippen LogP contribution in [0.5, 0.6) is 5.75 Å². The number of methoxy groups -OCH3 is 1. The van der Waals surface area contributed by atoms with Crippen molar-refractivity contribution in [1.82, 2.24) is 15.1 Å². The maximum absolute atomic E-state index is 12.7. The minimum atomic E-state index is -0.468. The fraction of sp³-hybridized carbons (Fsp3) is 0.318. The summed E-state index contributed by atoms with van der Waals surface area (Å²) in [6.45, 7) is 1.27. The van der Waals surface area contributed by atoms with Gasteiger partial charge in [0.15, 0.2) is 0 Å². The summed E-state index contributed by atoms with van der Waals surface area (Å²) in [7, 11) is 1.65. The van der Waals surface area contributed by atoms with Crippen LogP contribution in [0.1, 0.15) is 44.7 Å². The molecule has 1 aliphatic heterocycles. The lowest BCUT2D eigenvalue weighted by Crippen LogP contribution is -2.37. The Morgan fingerprint density at radius 3 is 2.42 bits per heavy atom. The molecule has 0 saturated carbocycles. The number of amides is 1. The number of benzene rings is 2. The molecule has 1 fully saturated rings. The molecule has 2 aromatic carbocycles. The van der Waals surface area contributed by atoms with Crippen LogP contribution in [0.15, 0.2) is 48.5 Å². The van der Waals surface area contributed by atoms with E-state index in [0.29, 0.717) is 24.6 Å². The lowest BCUT2D eigenvalue weighted by atomic mass is 9.97. The summed E-state index contributed by atoms with van der Waals surface area (Å²) >= 11 is 1.63. The van der Waals surface area contributed by atoms with Gasteiger partial charge in [0.2, 0.25) is 0 Å². The summed E-state index contributed by atoms with van der Waals surface area (Å²) in [5, 5.41) is 21.5. The molecule has 1 amide bonds. The zero-order valence-corrected chi connectivity index (χ0v) is 17.9. The van der Waals surface area contributed by atoms with Gasteiger partial charge < -0.3 is 9.64 Å². The van der Waals surface area contributed by atoms with Gasteiger partial charge >= 0.3 is 0 Å². The van der Waals surface area contributed by atoms with Crippen molar-refractivity contribution in [3.63, 3.8) is 0 Å². The summed E-state index contributed by atoms with van der Waals surface area (Å²) < 4.78 is 5.19. The van der Waals surface area contributed by atoms with Crippen molar-refractivity contribution in [2.75, 3.05) is 20.2 Å². The summed E-state index contributed by atoms with van der Waals surface area (Å²) in [6, 6.07) is 13.7. The number of rotatable bonds is 6. The van der Waals surface area contributed by atoms with Crippen LogP contribution < -0.4 is 4.74 Å². The minimum absolute atomic E-state index is 0.0167. The van der Waals surface area contributed by atoms with Gasteiger partial charge in [0.25, 0.3) is 11.6 Å². The number of ether oxygens (including phenoxy) is 1. The molecule has 0 unspecified atom stereocenters. The monoisotopic (exact) mass is 438 g/mol. The number of piperidine rings is 1. The van der Waals surface area contributed by atoms with Crippen LogP contribution in [-0.2, 0) is 6.42 Å². The fourth-order valence-electron chi connectivity index (χ4n) is 3.66. The van der Waals surface area contributed by atoms with Crippen LogP contribution in [-0.4, -0.2) is 46.1 Å². The predicted octanol–water partition coefficient (Wildman–Crippen LogP) is 4.07. The molecular weight excluding hydrogens is 416 g/mol. The third-order valence-electron chi connectivity index (χ3n) is 5.45. The number of hydrogen-bond acceptors (Lipinski definition) is 7. The van der Waals surface area contributed by atoms with E-state index in [9.17, 15) is 14.9 Å². The Morgan fingerprint density at radius 1 is 1.13 bits per heavy atom. The second kappa shape index (κ2) is 9.22. The van der Waals surface area contributed by atoms with Gasteiger partial charge in [0, 0.05) is 43.1 Å². The van der Waals surface area contributed by atoms with Crippen molar-refractivity contribution in [2.24, 2.45) is 0 Å². The van der Waals surface area contributed by atoms with E-state index in [2.05, 4.69) is 10.2 Å². The Balaban J connectivity index is 1.33. The second-order valence-electron chi connectivity index (χ2n) is 7.43. The highest BCUT2D eigenvalue weighted by Crippen LogP contribution is 2.31. The van der Waals surface area contributed by atoms with E-state index in [1.54, 1.807) is 23.3 Å². The lowest BCUT2D eigenvalue weighted by molar-refractivity contribution is -0.384. The molecule has 0 aliphatic carbocycles. The number of aromatic nitrogens is 2. The molecule has 0 atom stereocenters. The number of carbonyl (C=O) groups is 1. The number of carbonyl (C=O) groups excluding carboxylic acids is 1. The molecule has 160 valence electrons. The van der Waals surface area contributed by atoms with Gasteiger partial charge in [-0.05, 0) is 42.7 Å². The van der Waals surface area contributed by atoms with Gasteiger partial charge in [-0.25, -0.2) is 0 Å². The first kappa shape index (κ1) is 20.9. The van der Waals surface area contributed by atoms with Gasteiger partial charge in [-0.1, -0.05) is 12.1 Å². The first-order chi connectivity index (χ1) is 15.0. The normalized spacial score (nSPS) is 14.4. The first-order valence-electron chi connectivity index (χ1n) is 10.0. The number of nitro groups is 1. The van der Waals surface area contributed by atoms with E-state index in [1.807, 2.05) is 24.3 Å². The highest BCUT2D eigenvalue weighted by atomic mass is 32.1. The molecule has 0 spiro atoms. The molecule has 8 nitrogen and oxygen atoms in total. The van der Waals surface area contributed by atoms with E-state index < -0.39 is 4.92 Å². The number of hydrogen-bond donors (Lipinski definition) is 0. The standard InChI is InChI=1S/C22H22N4O4S/c1-30-19-8-2-15(3-9-19)14-20-23-24-21(31-20)16-10-12-25(13-11-16)22(27)17-4-6-18(7-5-17)26(28)29/h2-9,16H,10-14H2,1H3. The van der Waals surface area contributed by atoms with Crippen LogP contribution in [0.25, 0.3) is 0 Å². The molecular formula is C22H22N4O4S.